The lowest BCUT2D eigenvalue weighted by molar-refractivity contribution is -0.144. The maximum atomic E-state index is 14.4. The van der Waals surface area contributed by atoms with Crippen LogP contribution in [0.5, 0.6) is 0 Å². The molecule has 2 aliphatic rings. The Kier molecular flexibility index (Phi) is 9.90. The molecular formula is C39H49FN4O2. The minimum Gasteiger partial charge on any atom is -0.480 e. The van der Waals surface area contributed by atoms with Gasteiger partial charge in [0.1, 0.15) is 11.9 Å². The summed E-state index contributed by atoms with van der Waals surface area (Å²) in [6.07, 6.45) is 4.57. The highest BCUT2D eigenvalue weighted by molar-refractivity contribution is 5.95. The number of carboxylic acid groups (broad SMARTS) is 1. The summed E-state index contributed by atoms with van der Waals surface area (Å²) in [5, 5.41) is 17.6. The van der Waals surface area contributed by atoms with E-state index < -0.39 is 12.0 Å². The molecule has 2 heterocycles. The Hall–Kier alpha value is -3.55. The molecule has 4 atom stereocenters. The predicted molar refractivity (Wildman–Crippen MR) is 184 cm³/mol. The van der Waals surface area contributed by atoms with Gasteiger partial charge in [0.2, 0.25) is 0 Å². The van der Waals surface area contributed by atoms with E-state index in [-0.39, 0.29) is 17.8 Å². The second-order valence-corrected chi connectivity index (χ2v) is 14.1. The minimum absolute atomic E-state index is 0.155. The molecule has 1 aliphatic heterocycles. The van der Waals surface area contributed by atoms with E-state index >= 15 is 0 Å². The first-order chi connectivity index (χ1) is 22.2. The first-order valence-corrected chi connectivity index (χ1v) is 17.2. The van der Waals surface area contributed by atoms with Gasteiger partial charge in [0.25, 0.3) is 0 Å². The maximum Gasteiger partial charge on any atom is 0.320 e. The van der Waals surface area contributed by atoms with Crippen LogP contribution < -0.4 is 0 Å². The minimum atomic E-state index is -0.751. The Labute approximate surface area is 273 Å². The molecule has 1 saturated carbocycles. The van der Waals surface area contributed by atoms with Crippen LogP contribution in [0.3, 0.4) is 0 Å². The molecule has 46 heavy (non-hydrogen) atoms. The van der Waals surface area contributed by atoms with Crippen molar-refractivity contribution in [3.63, 3.8) is 0 Å². The van der Waals surface area contributed by atoms with Crippen molar-refractivity contribution in [2.75, 3.05) is 26.7 Å². The first-order valence-electron chi connectivity index (χ1n) is 17.2. The summed E-state index contributed by atoms with van der Waals surface area (Å²) in [6.45, 7) is 10.2. The molecule has 6 rings (SSSR count). The number of fused-ring (bicyclic) bond motifs is 1. The number of nitrogens with zero attached hydrogens (tertiary/aromatic N) is 4. The van der Waals surface area contributed by atoms with Gasteiger partial charge in [0.15, 0.2) is 0 Å². The van der Waals surface area contributed by atoms with Gasteiger partial charge in [-0.3, -0.25) is 14.4 Å². The van der Waals surface area contributed by atoms with Crippen LogP contribution in [0.15, 0.2) is 72.8 Å². The topological polar surface area (TPSA) is 61.6 Å². The quantitative estimate of drug-likeness (QED) is 0.183. The van der Waals surface area contributed by atoms with Crippen LogP contribution >= 0.6 is 0 Å². The van der Waals surface area contributed by atoms with Crippen molar-refractivity contribution in [1.82, 2.24) is 19.6 Å². The molecule has 1 saturated heterocycles. The fraction of sp³-hybridized carbons (Fsp3) is 0.487. The molecular weight excluding hydrogens is 575 g/mol. The van der Waals surface area contributed by atoms with E-state index in [2.05, 4.69) is 89.9 Å². The molecule has 3 aromatic carbocycles. The number of halogens is 1. The van der Waals surface area contributed by atoms with Gasteiger partial charge in [-0.15, -0.1) is 0 Å². The lowest BCUT2D eigenvalue weighted by Crippen LogP contribution is -2.45. The normalized spacial score (nSPS) is 21.8. The number of hydrogen-bond donors (Lipinski definition) is 1. The highest BCUT2D eigenvalue weighted by atomic mass is 19.1. The molecule has 2 fully saturated rings. The van der Waals surface area contributed by atoms with Gasteiger partial charge in [-0.1, -0.05) is 68.4 Å². The van der Waals surface area contributed by atoms with Gasteiger partial charge < -0.3 is 10.0 Å². The number of likely N-dealkylation sites (N-methyl/N-ethyl adjacent to an activating group) is 1. The number of rotatable bonds is 11. The zero-order valence-electron chi connectivity index (χ0n) is 27.8. The van der Waals surface area contributed by atoms with Crippen molar-refractivity contribution in [2.24, 2.45) is 11.8 Å². The van der Waals surface area contributed by atoms with E-state index in [4.69, 9.17) is 5.10 Å². The number of likely N-dealkylation sites (tertiary alicyclic amines) is 1. The highest BCUT2D eigenvalue weighted by Gasteiger charge is 2.41. The van der Waals surface area contributed by atoms with Crippen LogP contribution in [0.2, 0.25) is 0 Å². The van der Waals surface area contributed by atoms with Gasteiger partial charge in [-0.25, -0.2) is 4.39 Å². The summed E-state index contributed by atoms with van der Waals surface area (Å²) >= 11 is 0. The molecule has 1 N–H and O–H groups in total. The van der Waals surface area contributed by atoms with Gasteiger partial charge in [0, 0.05) is 36.3 Å². The molecule has 0 amide bonds. The molecule has 1 aliphatic carbocycles. The Morgan fingerprint density at radius 1 is 1.02 bits per heavy atom. The van der Waals surface area contributed by atoms with Crippen LogP contribution in [0.4, 0.5) is 4.39 Å². The van der Waals surface area contributed by atoms with Crippen molar-refractivity contribution in [2.45, 2.75) is 83.3 Å². The lowest BCUT2D eigenvalue weighted by Gasteiger charge is -2.35. The third-order valence-electron chi connectivity index (χ3n) is 10.7. The predicted octanol–water partition coefficient (Wildman–Crippen LogP) is 8.04. The molecule has 6 nitrogen and oxygen atoms in total. The average molecular weight is 625 g/mol. The molecule has 3 unspecified atom stereocenters. The van der Waals surface area contributed by atoms with E-state index in [0.29, 0.717) is 24.2 Å². The number of carbonyl (C=O) groups is 1. The number of piperidine rings is 1. The Bertz CT molecular complexity index is 1640. The van der Waals surface area contributed by atoms with Gasteiger partial charge in [-0.2, -0.15) is 5.10 Å². The third kappa shape index (κ3) is 6.91. The Morgan fingerprint density at radius 2 is 1.76 bits per heavy atom. The molecule has 7 heteroatoms. The van der Waals surface area contributed by atoms with Crippen molar-refractivity contribution in [3.8, 4) is 11.3 Å². The van der Waals surface area contributed by atoms with Crippen molar-refractivity contribution in [3.05, 3.63) is 89.9 Å². The first kappa shape index (κ1) is 32.4. The molecule has 0 spiro atoms. The smallest absolute Gasteiger partial charge is 0.320 e. The van der Waals surface area contributed by atoms with Crippen molar-refractivity contribution < 1.29 is 14.3 Å². The molecule has 0 bridgehead atoms. The Balaban J connectivity index is 1.16. The average Bonchev–Trinajstić information content (AvgIpc) is 3.68. The van der Waals surface area contributed by atoms with Crippen molar-refractivity contribution >= 4 is 16.7 Å². The fourth-order valence-electron chi connectivity index (χ4n) is 8.25. The highest BCUT2D eigenvalue weighted by Crippen LogP contribution is 2.44. The molecule has 244 valence electrons. The number of aryl methyl sites for hydroxylation is 1. The summed E-state index contributed by atoms with van der Waals surface area (Å²) < 4.78 is 16.6. The van der Waals surface area contributed by atoms with Gasteiger partial charge in [-0.05, 0) is 111 Å². The molecule has 1 aromatic heterocycles. The van der Waals surface area contributed by atoms with E-state index in [1.807, 2.05) is 13.1 Å². The van der Waals surface area contributed by atoms with E-state index in [1.54, 1.807) is 6.07 Å². The van der Waals surface area contributed by atoms with E-state index in [9.17, 15) is 14.3 Å². The summed E-state index contributed by atoms with van der Waals surface area (Å²) in [5.41, 5.74) is 4.61. The second-order valence-electron chi connectivity index (χ2n) is 14.1. The number of benzene rings is 3. The zero-order chi connectivity index (χ0) is 32.4. The number of carboxylic acids is 1. The molecule has 0 radical (unpaired) electrons. The summed E-state index contributed by atoms with van der Waals surface area (Å²) in [6, 6.07) is 24.0. The van der Waals surface area contributed by atoms with Gasteiger partial charge >= 0.3 is 5.97 Å². The van der Waals surface area contributed by atoms with Gasteiger partial charge in [0.05, 0.1) is 5.69 Å². The summed E-state index contributed by atoms with van der Waals surface area (Å²) in [7, 11) is 1.98. The maximum absolute atomic E-state index is 14.4. The van der Waals surface area contributed by atoms with Crippen LogP contribution in [0.25, 0.3) is 22.0 Å². The van der Waals surface area contributed by atoms with Crippen LogP contribution in [-0.4, -0.2) is 69.4 Å². The lowest BCUT2D eigenvalue weighted by atomic mass is 9.87. The van der Waals surface area contributed by atoms with E-state index in [1.165, 1.54) is 28.1 Å². The van der Waals surface area contributed by atoms with Crippen molar-refractivity contribution in [1.29, 1.82) is 0 Å². The van der Waals surface area contributed by atoms with Crippen LogP contribution in [0, 0.1) is 17.7 Å². The number of aromatic nitrogens is 2. The summed E-state index contributed by atoms with van der Waals surface area (Å²) in [5.74, 6) is 0.360. The SMILES string of the molecule is CCn1nc(-c2cccc3ccccc23)cc1C1CCN(CC2CC(N(C)[C@H](CC(C)C)C(=O)O)CC2c2cccc(F)c2)CC1. The van der Waals surface area contributed by atoms with Crippen LogP contribution in [-0.2, 0) is 11.3 Å². The van der Waals surface area contributed by atoms with Crippen LogP contribution in [0.1, 0.15) is 76.0 Å². The number of aliphatic carboxylic acids is 1. The third-order valence-corrected chi connectivity index (χ3v) is 10.7. The second kappa shape index (κ2) is 14.1. The molecule has 4 aromatic rings. The standard InChI is InChI=1S/C39H49FN4O2/c1-5-44-37(24-36(41-44)34-15-9-11-27-10-6-7-14-33(27)34)28-16-18-43(19-17-28)25-30-22-32(42(4)38(39(45)46)20-26(2)3)23-35(30)29-12-8-13-31(40)21-29/h6-15,21,24,26,28,30,32,35,38H,5,16-20,22-23,25H2,1-4H3,(H,45,46)/t30?,32?,35?,38-/m1/s1. The fourth-order valence-corrected chi connectivity index (χ4v) is 8.25. The zero-order valence-corrected chi connectivity index (χ0v) is 27.8. The Morgan fingerprint density at radius 3 is 2.48 bits per heavy atom. The number of hydrogen-bond acceptors (Lipinski definition) is 4. The van der Waals surface area contributed by atoms with E-state index in [0.717, 1.165) is 63.1 Å². The monoisotopic (exact) mass is 624 g/mol. The summed E-state index contributed by atoms with van der Waals surface area (Å²) in [4.78, 5) is 16.9. The largest absolute Gasteiger partial charge is 0.480 e.